The molecule has 0 saturated heterocycles. The molecule has 41 heavy (non-hydrogen) atoms. The fourth-order valence-electron chi connectivity index (χ4n) is 3.92. The predicted molar refractivity (Wildman–Crippen MR) is 151 cm³/mol. The third-order valence-corrected chi connectivity index (χ3v) is 6.05. The smallest absolute Gasteiger partial charge is 0.415 e. The highest BCUT2D eigenvalue weighted by atomic mass is 19.1. The molecule has 0 heterocycles. The lowest BCUT2D eigenvalue weighted by molar-refractivity contribution is -0.149. The minimum absolute atomic E-state index is 0.189. The molecule has 0 bridgehead atoms. The maximum atomic E-state index is 13.1. The summed E-state index contributed by atoms with van der Waals surface area (Å²) in [5.41, 5.74) is 1.72. The average Bonchev–Trinajstić information content (AvgIpc) is 2.96. The second kappa shape index (κ2) is 16.1. The third-order valence-electron chi connectivity index (χ3n) is 6.05. The molecule has 1 unspecified atom stereocenters. The van der Waals surface area contributed by atoms with Crippen molar-refractivity contribution in [2.24, 2.45) is 0 Å². The first-order valence-corrected chi connectivity index (χ1v) is 13.3. The van der Waals surface area contributed by atoms with Crippen LogP contribution in [0.5, 0.6) is 23.0 Å². The van der Waals surface area contributed by atoms with Gasteiger partial charge in [0, 0.05) is 19.6 Å². The second-order valence-corrected chi connectivity index (χ2v) is 9.14. The van der Waals surface area contributed by atoms with E-state index in [2.05, 4.69) is 0 Å². The van der Waals surface area contributed by atoms with Crippen LogP contribution in [0, 0.1) is 12.7 Å². The number of aryl methyl sites for hydroxylation is 1. The number of hydrogen-bond acceptors (Lipinski definition) is 7. The lowest BCUT2D eigenvalue weighted by Crippen LogP contribution is -2.38. The Bertz CT molecular complexity index is 1250. The van der Waals surface area contributed by atoms with Gasteiger partial charge in [-0.1, -0.05) is 18.2 Å². The van der Waals surface area contributed by atoms with Gasteiger partial charge in [0.15, 0.2) is 17.6 Å². The van der Waals surface area contributed by atoms with E-state index in [0.29, 0.717) is 49.2 Å². The van der Waals surface area contributed by atoms with Gasteiger partial charge < -0.3 is 33.7 Å². The zero-order chi connectivity index (χ0) is 29.6. The van der Waals surface area contributed by atoms with Crippen LogP contribution in [0.25, 0.3) is 0 Å². The summed E-state index contributed by atoms with van der Waals surface area (Å²) in [5.74, 6) is 0.508. The zero-order valence-corrected chi connectivity index (χ0v) is 23.5. The van der Waals surface area contributed by atoms with Crippen molar-refractivity contribution in [1.29, 1.82) is 0 Å². The molecule has 10 heteroatoms. The molecule has 0 aliphatic rings. The molecule has 3 aromatic rings. The van der Waals surface area contributed by atoms with E-state index < -0.39 is 18.2 Å². The molecule has 220 valence electrons. The Hall–Kier alpha value is -4.31. The standard InChI is InChI=1S/C31H36FNO8/c1-4-38-29(30(34)35)21-23-7-11-25(12-8-23)40-19-17-33(16-5-18-39-26-13-9-24(32)10-14-26)31(36)41-28-20-22(2)6-15-27(28)37-3/h6-15,20,29H,4-5,16-19,21H2,1-3H3,(H,34,35). The van der Waals surface area contributed by atoms with Gasteiger partial charge >= 0.3 is 12.1 Å². The number of methoxy groups -OCH3 is 1. The minimum atomic E-state index is -1.01. The summed E-state index contributed by atoms with van der Waals surface area (Å²) in [7, 11) is 1.50. The molecule has 1 N–H and O–H groups in total. The van der Waals surface area contributed by atoms with Crippen molar-refractivity contribution in [2.45, 2.75) is 32.8 Å². The van der Waals surface area contributed by atoms with Crippen molar-refractivity contribution >= 4 is 12.1 Å². The van der Waals surface area contributed by atoms with E-state index >= 15 is 0 Å². The molecule has 0 radical (unpaired) electrons. The average molecular weight is 570 g/mol. The van der Waals surface area contributed by atoms with Crippen LogP contribution >= 0.6 is 0 Å². The van der Waals surface area contributed by atoms with Crippen LogP contribution in [0.3, 0.4) is 0 Å². The maximum absolute atomic E-state index is 13.1. The summed E-state index contributed by atoms with van der Waals surface area (Å²) in [4.78, 5) is 26.0. The molecule has 0 saturated carbocycles. The highest BCUT2D eigenvalue weighted by Crippen LogP contribution is 2.28. The van der Waals surface area contributed by atoms with Gasteiger partial charge in [0.25, 0.3) is 0 Å². The first-order valence-electron chi connectivity index (χ1n) is 13.3. The highest BCUT2D eigenvalue weighted by Gasteiger charge is 2.19. The summed E-state index contributed by atoms with van der Waals surface area (Å²) in [5, 5.41) is 9.29. The molecular formula is C31H36FNO8. The third kappa shape index (κ3) is 10.3. The van der Waals surface area contributed by atoms with E-state index in [1.54, 1.807) is 55.5 Å². The Morgan fingerprint density at radius 1 is 0.902 bits per heavy atom. The van der Waals surface area contributed by atoms with Gasteiger partial charge in [-0.05, 0) is 79.9 Å². The zero-order valence-electron chi connectivity index (χ0n) is 23.5. The fraction of sp³-hybridized carbons (Fsp3) is 0.355. The topological polar surface area (TPSA) is 104 Å². The number of carboxylic acid groups (broad SMARTS) is 1. The molecule has 9 nitrogen and oxygen atoms in total. The number of aliphatic carboxylic acids is 1. The summed E-state index contributed by atoms with van der Waals surface area (Å²) in [6, 6.07) is 18.1. The predicted octanol–water partition coefficient (Wildman–Crippen LogP) is 5.52. The molecule has 0 aromatic heterocycles. The number of carbonyl (C=O) groups is 2. The molecule has 1 atom stereocenters. The molecule has 0 fully saturated rings. The van der Waals surface area contributed by atoms with E-state index in [-0.39, 0.29) is 25.4 Å². The molecule has 3 rings (SSSR count). The van der Waals surface area contributed by atoms with Crippen molar-refractivity contribution in [3.05, 3.63) is 83.7 Å². The Morgan fingerprint density at radius 2 is 1.56 bits per heavy atom. The van der Waals surface area contributed by atoms with Crippen LogP contribution in [0.4, 0.5) is 9.18 Å². The number of nitrogens with zero attached hydrogens (tertiary/aromatic N) is 1. The molecule has 3 aromatic carbocycles. The van der Waals surface area contributed by atoms with Crippen LogP contribution in [-0.4, -0.2) is 68.2 Å². The second-order valence-electron chi connectivity index (χ2n) is 9.14. The maximum Gasteiger partial charge on any atom is 0.415 e. The number of hydrogen-bond donors (Lipinski definition) is 1. The first-order chi connectivity index (χ1) is 19.8. The summed E-state index contributed by atoms with van der Waals surface area (Å²) in [6.07, 6.45) is -0.738. The number of ether oxygens (including phenoxy) is 5. The number of amides is 1. The van der Waals surface area contributed by atoms with Crippen molar-refractivity contribution < 1.29 is 42.8 Å². The first kappa shape index (κ1) is 31.2. The number of halogens is 1. The Kier molecular flexibility index (Phi) is 12.2. The summed E-state index contributed by atoms with van der Waals surface area (Å²) in [6.45, 7) is 5.01. The summed E-state index contributed by atoms with van der Waals surface area (Å²) < 4.78 is 40.9. The molecule has 0 aliphatic heterocycles. The highest BCUT2D eigenvalue weighted by molar-refractivity contribution is 5.73. The van der Waals surface area contributed by atoms with Crippen molar-refractivity contribution in [3.8, 4) is 23.0 Å². The number of carboxylic acids is 1. The molecular weight excluding hydrogens is 533 g/mol. The number of rotatable bonds is 16. The van der Waals surface area contributed by atoms with E-state index in [0.717, 1.165) is 11.1 Å². The van der Waals surface area contributed by atoms with Gasteiger partial charge in [0.2, 0.25) is 0 Å². The largest absolute Gasteiger partial charge is 0.494 e. The van der Waals surface area contributed by atoms with Gasteiger partial charge in [-0.3, -0.25) is 0 Å². The van der Waals surface area contributed by atoms with Crippen LogP contribution in [0.2, 0.25) is 0 Å². The van der Waals surface area contributed by atoms with Gasteiger partial charge in [-0.25, -0.2) is 14.0 Å². The molecule has 1 amide bonds. The molecule has 0 aliphatic carbocycles. The quantitative estimate of drug-likeness (QED) is 0.225. The van der Waals surface area contributed by atoms with Crippen molar-refractivity contribution in [1.82, 2.24) is 4.90 Å². The SMILES string of the molecule is CCOC(Cc1ccc(OCCN(CCCOc2ccc(F)cc2)C(=O)Oc2cc(C)ccc2OC)cc1)C(=O)O. The van der Waals surface area contributed by atoms with Crippen LogP contribution in [0.1, 0.15) is 24.5 Å². The van der Waals surface area contributed by atoms with Crippen LogP contribution in [0.15, 0.2) is 66.7 Å². The normalized spacial score (nSPS) is 11.4. The van der Waals surface area contributed by atoms with Gasteiger partial charge in [-0.2, -0.15) is 0 Å². The molecule has 0 spiro atoms. The Labute approximate surface area is 239 Å². The monoisotopic (exact) mass is 569 g/mol. The summed E-state index contributed by atoms with van der Waals surface area (Å²) >= 11 is 0. The number of carbonyl (C=O) groups excluding carboxylic acids is 1. The van der Waals surface area contributed by atoms with E-state index in [4.69, 9.17) is 23.7 Å². The van der Waals surface area contributed by atoms with Gasteiger partial charge in [0.1, 0.15) is 23.9 Å². The Morgan fingerprint density at radius 3 is 2.20 bits per heavy atom. The minimum Gasteiger partial charge on any atom is -0.494 e. The lowest BCUT2D eigenvalue weighted by atomic mass is 10.1. The van der Waals surface area contributed by atoms with Crippen LogP contribution < -0.4 is 18.9 Å². The van der Waals surface area contributed by atoms with Gasteiger partial charge in [-0.15, -0.1) is 0 Å². The van der Waals surface area contributed by atoms with Crippen molar-refractivity contribution in [2.75, 3.05) is 40.0 Å². The van der Waals surface area contributed by atoms with Crippen molar-refractivity contribution in [3.63, 3.8) is 0 Å². The number of benzene rings is 3. The van der Waals surface area contributed by atoms with Gasteiger partial charge in [0.05, 0.1) is 20.3 Å². The van der Waals surface area contributed by atoms with E-state index in [9.17, 15) is 19.1 Å². The van der Waals surface area contributed by atoms with E-state index in [1.165, 1.54) is 24.1 Å². The van der Waals surface area contributed by atoms with E-state index in [1.807, 2.05) is 13.0 Å². The Balaban J connectivity index is 1.59. The lowest BCUT2D eigenvalue weighted by Gasteiger charge is -2.23. The fourth-order valence-corrected chi connectivity index (χ4v) is 3.92. The van der Waals surface area contributed by atoms with Crippen LogP contribution in [-0.2, 0) is 16.0 Å².